The van der Waals surface area contributed by atoms with E-state index in [1.807, 2.05) is 37.3 Å². The van der Waals surface area contributed by atoms with E-state index in [9.17, 15) is 0 Å². The molecule has 2 heterocycles. The molecule has 0 bridgehead atoms. The van der Waals surface area contributed by atoms with E-state index in [0.717, 1.165) is 22.4 Å². The average molecular weight is 251 g/mol. The number of rotatable bonds is 2. The van der Waals surface area contributed by atoms with E-state index >= 15 is 0 Å². The molecule has 1 aromatic carbocycles. The van der Waals surface area contributed by atoms with E-state index < -0.39 is 0 Å². The zero-order valence-electron chi connectivity index (χ0n) is 10.5. The second kappa shape index (κ2) is 4.53. The average Bonchev–Trinajstić information content (AvgIpc) is 2.96. The monoisotopic (exact) mass is 251 g/mol. The number of nitrogens with two attached hydrogens (primary N) is 1. The number of nitrogens with one attached hydrogen (secondary N) is 1. The largest absolute Gasteiger partial charge is 0.383 e. The summed E-state index contributed by atoms with van der Waals surface area (Å²) >= 11 is 0. The van der Waals surface area contributed by atoms with Gasteiger partial charge in [0, 0.05) is 29.1 Å². The van der Waals surface area contributed by atoms with Gasteiger partial charge in [0.1, 0.15) is 5.82 Å². The van der Waals surface area contributed by atoms with Crippen LogP contribution in [0.25, 0.3) is 22.6 Å². The molecule has 0 aliphatic rings. The Labute approximate surface area is 110 Å². The van der Waals surface area contributed by atoms with Crippen LogP contribution in [0.2, 0.25) is 0 Å². The van der Waals surface area contributed by atoms with Crippen molar-refractivity contribution >= 4 is 5.82 Å². The number of aromatic amines is 1. The first-order chi connectivity index (χ1) is 9.24. The molecule has 2 aromatic heterocycles. The quantitative estimate of drug-likeness (QED) is 0.733. The second-order valence-electron chi connectivity index (χ2n) is 4.31. The number of benzene rings is 1. The van der Waals surface area contributed by atoms with Crippen LogP contribution in [0.1, 0.15) is 5.56 Å². The third kappa shape index (κ3) is 2.18. The maximum absolute atomic E-state index is 5.82. The highest BCUT2D eigenvalue weighted by Gasteiger charge is 2.06. The Kier molecular flexibility index (Phi) is 2.72. The first-order valence-corrected chi connectivity index (χ1v) is 5.93. The van der Waals surface area contributed by atoms with Crippen LogP contribution >= 0.6 is 0 Å². The van der Waals surface area contributed by atoms with Gasteiger partial charge >= 0.3 is 0 Å². The predicted molar refractivity (Wildman–Crippen MR) is 74.2 cm³/mol. The van der Waals surface area contributed by atoms with Gasteiger partial charge in [-0.25, -0.2) is 9.97 Å². The molecule has 94 valence electrons. The van der Waals surface area contributed by atoms with E-state index in [1.54, 1.807) is 12.4 Å². The highest BCUT2D eigenvalue weighted by Crippen LogP contribution is 2.23. The predicted octanol–water partition coefficient (Wildman–Crippen LogP) is 2.42. The van der Waals surface area contributed by atoms with Crippen LogP contribution in [0.3, 0.4) is 0 Å². The van der Waals surface area contributed by atoms with Crippen LogP contribution in [-0.2, 0) is 0 Å². The lowest BCUT2D eigenvalue weighted by Crippen LogP contribution is -1.98. The Morgan fingerprint density at radius 3 is 2.74 bits per heavy atom. The van der Waals surface area contributed by atoms with Gasteiger partial charge in [0.25, 0.3) is 0 Å². The summed E-state index contributed by atoms with van der Waals surface area (Å²) in [6.45, 7) is 1.89. The van der Waals surface area contributed by atoms with Gasteiger partial charge in [0.2, 0.25) is 0 Å². The first kappa shape index (κ1) is 11.4. The molecule has 3 rings (SSSR count). The Morgan fingerprint density at radius 1 is 1.16 bits per heavy atom. The molecule has 0 spiro atoms. The summed E-state index contributed by atoms with van der Waals surface area (Å²) in [6.07, 6.45) is 3.46. The molecule has 0 aliphatic carbocycles. The van der Waals surface area contributed by atoms with Crippen molar-refractivity contribution in [3.63, 3.8) is 0 Å². The van der Waals surface area contributed by atoms with Crippen molar-refractivity contribution in [1.82, 2.24) is 20.2 Å². The van der Waals surface area contributed by atoms with Crippen LogP contribution in [0.15, 0.2) is 42.7 Å². The topological polar surface area (TPSA) is 80.5 Å². The Balaban J connectivity index is 2.06. The van der Waals surface area contributed by atoms with Crippen molar-refractivity contribution in [3.05, 3.63) is 48.3 Å². The molecule has 0 aliphatic heterocycles. The molecule has 5 heteroatoms. The van der Waals surface area contributed by atoms with Crippen molar-refractivity contribution in [1.29, 1.82) is 0 Å². The van der Waals surface area contributed by atoms with Crippen molar-refractivity contribution in [2.24, 2.45) is 0 Å². The van der Waals surface area contributed by atoms with Crippen LogP contribution in [-0.4, -0.2) is 20.2 Å². The molecule has 0 fully saturated rings. The molecule has 3 aromatic rings. The van der Waals surface area contributed by atoms with Gasteiger partial charge in [-0.1, -0.05) is 18.2 Å². The minimum atomic E-state index is 0.511. The lowest BCUT2D eigenvalue weighted by Gasteiger charge is -2.05. The Hall–Kier alpha value is -2.69. The van der Waals surface area contributed by atoms with E-state index in [4.69, 9.17) is 5.73 Å². The first-order valence-electron chi connectivity index (χ1n) is 5.93. The number of H-pyrrole nitrogens is 1. The minimum Gasteiger partial charge on any atom is -0.383 e. The van der Waals surface area contributed by atoms with Gasteiger partial charge in [0.05, 0.1) is 5.69 Å². The molecule has 0 amide bonds. The number of anilines is 1. The molecule has 0 saturated carbocycles. The number of aromatic nitrogens is 4. The van der Waals surface area contributed by atoms with Crippen LogP contribution in [0, 0.1) is 6.92 Å². The van der Waals surface area contributed by atoms with Gasteiger partial charge in [-0.15, -0.1) is 0 Å². The molecule has 19 heavy (non-hydrogen) atoms. The van der Waals surface area contributed by atoms with Crippen molar-refractivity contribution in [2.75, 3.05) is 5.73 Å². The summed E-state index contributed by atoms with van der Waals surface area (Å²) in [5, 5.41) is 6.89. The third-order valence-electron chi connectivity index (χ3n) is 2.94. The van der Waals surface area contributed by atoms with Crippen molar-refractivity contribution < 1.29 is 0 Å². The number of nitrogen functional groups attached to an aromatic ring is 1. The summed E-state index contributed by atoms with van der Waals surface area (Å²) < 4.78 is 0. The smallest absolute Gasteiger partial charge is 0.161 e. The number of aryl methyl sites for hydroxylation is 1. The zero-order chi connectivity index (χ0) is 13.2. The molecule has 0 unspecified atom stereocenters. The zero-order valence-corrected chi connectivity index (χ0v) is 10.5. The van der Waals surface area contributed by atoms with E-state index in [1.165, 1.54) is 0 Å². The fraction of sp³-hybridized carbons (Fsp3) is 0.0714. The summed E-state index contributed by atoms with van der Waals surface area (Å²) in [5.74, 6) is 1.14. The molecule has 0 atom stereocenters. The Morgan fingerprint density at radius 2 is 2.00 bits per heavy atom. The fourth-order valence-electron chi connectivity index (χ4n) is 1.84. The molecule has 0 radical (unpaired) electrons. The van der Waals surface area contributed by atoms with Gasteiger partial charge < -0.3 is 5.73 Å². The standard InChI is InChI=1S/C14H13N5/c1-9-8-16-14(18-13(9)15)11-4-2-3-10(7-11)12-5-6-17-19-12/h2-8H,1H3,(H,17,19)(H2,15,16,18). The molecule has 0 saturated heterocycles. The number of nitrogens with zero attached hydrogens (tertiary/aromatic N) is 3. The van der Waals surface area contributed by atoms with Gasteiger partial charge in [-0.05, 0) is 19.1 Å². The van der Waals surface area contributed by atoms with Gasteiger partial charge in [-0.2, -0.15) is 5.10 Å². The summed E-state index contributed by atoms with van der Waals surface area (Å²) in [4.78, 5) is 8.62. The van der Waals surface area contributed by atoms with Crippen molar-refractivity contribution in [2.45, 2.75) is 6.92 Å². The molecular weight excluding hydrogens is 238 g/mol. The van der Waals surface area contributed by atoms with Crippen molar-refractivity contribution in [3.8, 4) is 22.6 Å². The van der Waals surface area contributed by atoms with E-state index in [-0.39, 0.29) is 0 Å². The maximum Gasteiger partial charge on any atom is 0.161 e. The van der Waals surface area contributed by atoms with E-state index in [2.05, 4.69) is 20.2 Å². The molecule has 3 N–H and O–H groups in total. The van der Waals surface area contributed by atoms with Crippen LogP contribution in [0.5, 0.6) is 0 Å². The van der Waals surface area contributed by atoms with Gasteiger partial charge in [-0.3, -0.25) is 5.10 Å². The molecular formula is C14H13N5. The molecule has 5 nitrogen and oxygen atoms in total. The lowest BCUT2D eigenvalue weighted by molar-refractivity contribution is 1.09. The highest BCUT2D eigenvalue weighted by atomic mass is 15.1. The van der Waals surface area contributed by atoms with Crippen LogP contribution < -0.4 is 5.73 Å². The maximum atomic E-state index is 5.82. The minimum absolute atomic E-state index is 0.511. The third-order valence-corrected chi connectivity index (χ3v) is 2.94. The summed E-state index contributed by atoms with van der Waals surface area (Å²) in [7, 11) is 0. The Bertz CT molecular complexity index is 704. The highest BCUT2D eigenvalue weighted by molar-refractivity contribution is 5.68. The van der Waals surface area contributed by atoms with Gasteiger partial charge in [0.15, 0.2) is 5.82 Å². The number of hydrogen-bond acceptors (Lipinski definition) is 4. The number of hydrogen-bond donors (Lipinski definition) is 2. The SMILES string of the molecule is Cc1cnc(-c2cccc(-c3ccn[nH]3)c2)nc1N. The van der Waals surface area contributed by atoms with Crippen LogP contribution in [0.4, 0.5) is 5.82 Å². The lowest BCUT2D eigenvalue weighted by atomic mass is 10.1. The summed E-state index contributed by atoms with van der Waals surface area (Å²) in [6, 6.07) is 9.87. The fourth-order valence-corrected chi connectivity index (χ4v) is 1.84. The normalized spacial score (nSPS) is 10.6. The second-order valence-corrected chi connectivity index (χ2v) is 4.31. The van der Waals surface area contributed by atoms with E-state index in [0.29, 0.717) is 11.6 Å². The summed E-state index contributed by atoms with van der Waals surface area (Å²) in [5.41, 5.74) is 9.64.